The quantitative estimate of drug-likeness (QED) is 0.783. The number of hydrogen-bond donors (Lipinski definition) is 1. The molecule has 2 unspecified atom stereocenters. The van der Waals surface area contributed by atoms with Crippen LogP contribution < -0.4 is 5.73 Å². The molecule has 0 radical (unpaired) electrons. The summed E-state index contributed by atoms with van der Waals surface area (Å²) in [5, 5.41) is 1.55. The van der Waals surface area contributed by atoms with Gasteiger partial charge in [0.15, 0.2) is 0 Å². The first-order valence-corrected chi connectivity index (χ1v) is 7.66. The van der Waals surface area contributed by atoms with Gasteiger partial charge in [-0.2, -0.15) is 0 Å². The Balaban J connectivity index is 2.02. The summed E-state index contributed by atoms with van der Waals surface area (Å²) in [5.41, 5.74) is 6.62. The van der Waals surface area contributed by atoms with E-state index in [-0.39, 0.29) is 0 Å². The molecule has 1 aliphatic carbocycles. The molecule has 2 atom stereocenters. The molecule has 3 heteroatoms. The van der Waals surface area contributed by atoms with Crippen molar-refractivity contribution in [3.05, 3.63) is 23.2 Å². The fraction of sp³-hybridized carbons (Fsp3) is 0.571. The maximum atomic E-state index is 6.21. The first kappa shape index (κ1) is 13.1. The van der Waals surface area contributed by atoms with Crippen LogP contribution in [-0.4, -0.2) is 5.25 Å². The Kier molecular flexibility index (Phi) is 4.63. The number of nitrogen functional groups attached to an aromatic ring is 1. The summed E-state index contributed by atoms with van der Waals surface area (Å²) in [6.07, 6.45) is 6.70. The normalized spacial score (nSPS) is 24.8. The largest absolute Gasteiger partial charge is 0.399 e. The van der Waals surface area contributed by atoms with Gasteiger partial charge in [0, 0.05) is 15.8 Å². The van der Waals surface area contributed by atoms with Gasteiger partial charge < -0.3 is 5.73 Å². The number of anilines is 1. The van der Waals surface area contributed by atoms with Crippen molar-refractivity contribution in [2.24, 2.45) is 5.92 Å². The van der Waals surface area contributed by atoms with E-state index in [2.05, 4.69) is 6.92 Å². The second-order valence-electron chi connectivity index (χ2n) is 4.87. The summed E-state index contributed by atoms with van der Waals surface area (Å²) < 4.78 is 0. The predicted octanol–water partition coefficient (Wildman–Crippen LogP) is 4.98. The summed E-state index contributed by atoms with van der Waals surface area (Å²) in [6, 6.07) is 5.77. The van der Waals surface area contributed by atoms with Crippen molar-refractivity contribution in [1.29, 1.82) is 0 Å². The van der Waals surface area contributed by atoms with Crippen LogP contribution in [0.2, 0.25) is 5.02 Å². The Morgan fingerprint density at radius 2 is 2.24 bits per heavy atom. The van der Waals surface area contributed by atoms with E-state index in [0.29, 0.717) is 5.25 Å². The smallest absolute Gasteiger partial charge is 0.0543 e. The maximum Gasteiger partial charge on any atom is 0.0543 e. The average Bonchev–Trinajstić information content (AvgIpc) is 2.34. The van der Waals surface area contributed by atoms with Crippen molar-refractivity contribution in [1.82, 2.24) is 0 Å². The number of nitrogens with two attached hydrogens (primary N) is 1. The zero-order chi connectivity index (χ0) is 12.3. The minimum absolute atomic E-state index is 0.716. The molecule has 1 nitrogen and oxygen atoms in total. The molecule has 0 saturated heterocycles. The lowest BCUT2D eigenvalue weighted by Crippen LogP contribution is -2.16. The first-order valence-electron chi connectivity index (χ1n) is 6.40. The molecule has 1 aliphatic rings. The second kappa shape index (κ2) is 6.01. The number of halogens is 1. The standard InChI is InChI=1S/C14H20ClNS/c1-2-10-4-3-5-12(8-10)17-14-9-11(16)6-7-13(14)15/h6-7,9-10,12H,2-5,8,16H2,1H3. The Labute approximate surface area is 113 Å². The molecule has 0 amide bonds. The van der Waals surface area contributed by atoms with Gasteiger partial charge in [0.05, 0.1) is 5.02 Å². The molecular weight excluding hydrogens is 250 g/mol. The van der Waals surface area contributed by atoms with Crippen LogP contribution >= 0.6 is 23.4 Å². The van der Waals surface area contributed by atoms with Crippen LogP contribution in [0.5, 0.6) is 0 Å². The van der Waals surface area contributed by atoms with Crippen LogP contribution in [-0.2, 0) is 0 Å². The van der Waals surface area contributed by atoms with E-state index in [4.69, 9.17) is 17.3 Å². The van der Waals surface area contributed by atoms with Crippen LogP contribution in [0.15, 0.2) is 23.1 Å². The first-order chi connectivity index (χ1) is 8.19. The molecule has 2 N–H and O–H groups in total. The molecule has 1 fully saturated rings. The Bertz CT molecular complexity index is 380. The molecule has 0 aliphatic heterocycles. The highest BCUT2D eigenvalue weighted by Gasteiger charge is 2.22. The third-order valence-electron chi connectivity index (χ3n) is 3.56. The molecule has 0 spiro atoms. The summed E-state index contributed by atoms with van der Waals surface area (Å²) >= 11 is 8.12. The van der Waals surface area contributed by atoms with Crippen LogP contribution in [0.1, 0.15) is 39.0 Å². The minimum Gasteiger partial charge on any atom is -0.399 e. The monoisotopic (exact) mass is 269 g/mol. The number of thioether (sulfide) groups is 1. The third kappa shape index (κ3) is 3.56. The fourth-order valence-electron chi connectivity index (χ4n) is 2.51. The summed E-state index contributed by atoms with van der Waals surface area (Å²) in [7, 11) is 0. The number of hydrogen-bond acceptors (Lipinski definition) is 2. The highest BCUT2D eigenvalue weighted by molar-refractivity contribution is 8.00. The molecule has 1 aromatic carbocycles. The van der Waals surface area contributed by atoms with E-state index in [0.717, 1.165) is 21.5 Å². The second-order valence-corrected chi connectivity index (χ2v) is 6.62. The van der Waals surface area contributed by atoms with Crippen LogP contribution in [0.25, 0.3) is 0 Å². The SMILES string of the molecule is CCC1CCCC(Sc2cc(N)ccc2Cl)C1. The van der Waals surface area contributed by atoms with Crippen molar-refractivity contribution >= 4 is 29.1 Å². The van der Waals surface area contributed by atoms with Crippen LogP contribution in [0.3, 0.4) is 0 Å². The van der Waals surface area contributed by atoms with E-state index < -0.39 is 0 Å². The zero-order valence-electron chi connectivity index (χ0n) is 10.3. The van der Waals surface area contributed by atoms with Crippen molar-refractivity contribution in [2.75, 3.05) is 5.73 Å². The van der Waals surface area contributed by atoms with Gasteiger partial charge >= 0.3 is 0 Å². The fourth-order valence-corrected chi connectivity index (χ4v) is 4.16. The molecule has 2 rings (SSSR count). The summed E-state index contributed by atoms with van der Waals surface area (Å²) in [5.74, 6) is 0.904. The van der Waals surface area contributed by atoms with E-state index in [1.54, 1.807) is 0 Å². The highest BCUT2D eigenvalue weighted by Crippen LogP contribution is 2.40. The molecule has 1 saturated carbocycles. The highest BCUT2D eigenvalue weighted by atomic mass is 35.5. The van der Waals surface area contributed by atoms with Crippen LogP contribution in [0, 0.1) is 5.92 Å². The number of rotatable bonds is 3. The molecule has 17 heavy (non-hydrogen) atoms. The van der Waals surface area contributed by atoms with Crippen molar-refractivity contribution in [2.45, 2.75) is 49.2 Å². The minimum atomic E-state index is 0.716. The molecule has 0 bridgehead atoms. The zero-order valence-corrected chi connectivity index (χ0v) is 11.9. The van der Waals surface area contributed by atoms with E-state index in [1.807, 2.05) is 30.0 Å². The van der Waals surface area contributed by atoms with Gasteiger partial charge in [-0.15, -0.1) is 11.8 Å². The van der Waals surface area contributed by atoms with E-state index in [1.165, 1.54) is 32.1 Å². The van der Waals surface area contributed by atoms with Gasteiger partial charge in [-0.25, -0.2) is 0 Å². The van der Waals surface area contributed by atoms with Gasteiger partial charge in [-0.05, 0) is 37.0 Å². The van der Waals surface area contributed by atoms with E-state index >= 15 is 0 Å². The van der Waals surface area contributed by atoms with Gasteiger partial charge in [0.2, 0.25) is 0 Å². The number of benzene rings is 1. The Morgan fingerprint density at radius 1 is 1.41 bits per heavy atom. The van der Waals surface area contributed by atoms with E-state index in [9.17, 15) is 0 Å². The molecular formula is C14H20ClNS. The van der Waals surface area contributed by atoms with Crippen molar-refractivity contribution < 1.29 is 0 Å². The maximum absolute atomic E-state index is 6.21. The molecule has 94 valence electrons. The Hall–Kier alpha value is -0.340. The van der Waals surface area contributed by atoms with Gasteiger partial charge in [-0.3, -0.25) is 0 Å². The Morgan fingerprint density at radius 3 is 3.00 bits per heavy atom. The van der Waals surface area contributed by atoms with Gasteiger partial charge in [0.25, 0.3) is 0 Å². The lowest BCUT2D eigenvalue weighted by molar-refractivity contribution is 0.357. The predicted molar refractivity (Wildman–Crippen MR) is 77.8 cm³/mol. The third-order valence-corrected chi connectivity index (χ3v) is 5.36. The summed E-state index contributed by atoms with van der Waals surface area (Å²) in [4.78, 5) is 1.15. The molecule has 0 aromatic heterocycles. The lowest BCUT2D eigenvalue weighted by Gasteiger charge is -2.28. The van der Waals surface area contributed by atoms with Gasteiger partial charge in [0.1, 0.15) is 0 Å². The van der Waals surface area contributed by atoms with Crippen LogP contribution in [0.4, 0.5) is 5.69 Å². The van der Waals surface area contributed by atoms with Crippen molar-refractivity contribution in [3.63, 3.8) is 0 Å². The summed E-state index contributed by atoms with van der Waals surface area (Å²) in [6.45, 7) is 2.30. The average molecular weight is 270 g/mol. The van der Waals surface area contributed by atoms with Crippen molar-refractivity contribution in [3.8, 4) is 0 Å². The molecule has 1 aromatic rings. The van der Waals surface area contributed by atoms with Gasteiger partial charge in [-0.1, -0.05) is 37.8 Å². The lowest BCUT2D eigenvalue weighted by atomic mass is 9.87. The topological polar surface area (TPSA) is 26.0 Å². The molecule has 0 heterocycles.